The van der Waals surface area contributed by atoms with E-state index in [0.29, 0.717) is 0 Å². The van der Waals surface area contributed by atoms with E-state index in [0.717, 1.165) is 16.5 Å². The van der Waals surface area contributed by atoms with Crippen molar-refractivity contribution in [1.82, 2.24) is 20.9 Å². The van der Waals surface area contributed by atoms with E-state index in [-0.39, 0.29) is 17.9 Å². The maximum atomic E-state index is 13.1. The number of aromatic amines is 1. The Kier molecular flexibility index (Phi) is 10.4. The van der Waals surface area contributed by atoms with Crippen molar-refractivity contribution in [3.05, 3.63) is 36.0 Å². The molecule has 1 heterocycles. The third-order valence-electron chi connectivity index (χ3n) is 5.10. The van der Waals surface area contributed by atoms with Crippen LogP contribution in [0.2, 0.25) is 0 Å². The van der Waals surface area contributed by atoms with Gasteiger partial charge < -0.3 is 37.5 Å². The summed E-state index contributed by atoms with van der Waals surface area (Å²) in [5, 5.41) is 17.2. The van der Waals surface area contributed by atoms with Gasteiger partial charge in [-0.25, -0.2) is 4.79 Å². The molecule has 4 unspecified atom stereocenters. The van der Waals surface area contributed by atoms with Crippen LogP contribution in [0, 0.1) is 0 Å². The SMILES string of the molecule is NC(=O)CC(NC(=O)C(CS)NC(=O)C(Cc1c[nH]c2ccccc12)NC(=O)C(N)CS)C(=O)O. The molecular weight excluding hydrogens is 496 g/mol. The summed E-state index contributed by atoms with van der Waals surface area (Å²) in [6, 6.07) is 2.46. The van der Waals surface area contributed by atoms with Gasteiger partial charge in [0.1, 0.15) is 18.1 Å². The number of para-hydroxylation sites is 1. The number of aromatic nitrogens is 1. The monoisotopic (exact) mass is 524 g/mol. The van der Waals surface area contributed by atoms with Gasteiger partial charge in [-0.05, 0) is 11.6 Å². The van der Waals surface area contributed by atoms with Crippen molar-refractivity contribution in [2.75, 3.05) is 11.5 Å². The maximum absolute atomic E-state index is 13.1. The zero-order chi connectivity index (χ0) is 26.1. The third kappa shape index (κ3) is 7.90. The lowest BCUT2D eigenvalue weighted by Gasteiger charge is -2.24. The van der Waals surface area contributed by atoms with E-state index in [1.54, 1.807) is 6.20 Å². The number of amides is 4. The molecule has 0 bridgehead atoms. The molecule has 0 fully saturated rings. The maximum Gasteiger partial charge on any atom is 0.326 e. The first-order valence-electron chi connectivity index (χ1n) is 10.5. The summed E-state index contributed by atoms with van der Waals surface area (Å²) in [5.74, 6) is -4.75. The fraction of sp³-hybridized carbons (Fsp3) is 0.381. The third-order valence-corrected chi connectivity index (χ3v) is 5.86. The molecule has 2 aromatic rings. The van der Waals surface area contributed by atoms with E-state index in [1.165, 1.54) is 0 Å². The predicted octanol–water partition coefficient (Wildman–Crippen LogP) is -1.69. The van der Waals surface area contributed by atoms with Gasteiger partial charge in [-0.2, -0.15) is 25.3 Å². The number of primary amides is 1. The molecular formula is C21H28N6O6S2. The van der Waals surface area contributed by atoms with Gasteiger partial charge >= 0.3 is 5.97 Å². The number of carbonyl (C=O) groups excluding carboxylic acids is 4. The molecule has 12 nitrogen and oxygen atoms in total. The number of hydrogen-bond acceptors (Lipinski definition) is 8. The molecule has 0 spiro atoms. The molecule has 2 rings (SSSR count). The normalized spacial score (nSPS) is 14.4. The Morgan fingerprint density at radius 1 is 0.914 bits per heavy atom. The highest BCUT2D eigenvalue weighted by Gasteiger charge is 2.30. The van der Waals surface area contributed by atoms with Crippen molar-refractivity contribution in [3.8, 4) is 0 Å². The minimum absolute atomic E-state index is 0.0470. The molecule has 0 aliphatic rings. The fourth-order valence-electron chi connectivity index (χ4n) is 3.23. The van der Waals surface area contributed by atoms with Crippen LogP contribution in [-0.4, -0.2) is 75.4 Å². The Bertz CT molecular complexity index is 1090. The summed E-state index contributed by atoms with van der Waals surface area (Å²) in [6.45, 7) is 0. The smallest absolute Gasteiger partial charge is 0.326 e. The van der Waals surface area contributed by atoms with Crippen molar-refractivity contribution in [1.29, 1.82) is 0 Å². The van der Waals surface area contributed by atoms with Crippen LogP contribution in [0.25, 0.3) is 10.9 Å². The molecule has 1 aromatic heterocycles. The molecule has 0 aliphatic carbocycles. The van der Waals surface area contributed by atoms with Crippen LogP contribution in [0.1, 0.15) is 12.0 Å². The number of hydrogen-bond donors (Lipinski definition) is 9. The number of carboxylic acids is 1. The zero-order valence-electron chi connectivity index (χ0n) is 18.6. The van der Waals surface area contributed by atoms with E-state index in [9.17, 15) is 29.1 Å². The van der Waals surface area contributed by atoms with Crippen LogP contribution in [0.5, 0.6) is 0 Å². The number of benzene rings is 1. The average molecular weight is 525 g/mol. The zero-order valence-corrected chi connectivity index (χ0v) is 20.4. The summed E-state index contributed by atoms with van der Waals surface area (Å²) in [4.78, 5) is 63.6. The predicted molar refractivity (Wildman–Crippen MR) is 135 cm³/mol. The standard InChI is InChI=1S/C21H28N6O6S2/c22-12(8-34)18(29)25-14(5-10-7-24-13-4-2-1-3-11(10)13)19(30)27-16(9-35)20(31)26-15(21(32)33)6-17(23)28/h1-4,7,12,14-16,24,34-35H,5-6,8-9,22H2,(H2,23,28)(H,25,29)(H,26,31)(H,27,30)(H,32,33). The van der Waals surface area contributed by atoms with E-state index in [1.807, 2.05) is 24.3 Å². The molecule has 9 N–H and O–H groups in total. The Balaban J connectivity index is 2.21. The molecule has 0 saturated carbocycles. The molecule has 0 saturated heterocycles. The van der Waals surface area contributed by atoms with Crippen LogP contribution >= 0.6 is 25.3 Å². The number of H-pyrrole nitrogens is 1. The number of thiol groups is 2. The highest BCUT2D eigenvalue weighted by molar-refractivity contribution is 7.80. The quantitative estimate of drug-likeness (QED) is 0.139. The average Bonchev–Trinajstić information content (AvgIpc) is 3.23. The fourth-order valence-corrected chi connectivity index (χ4v) is 3.65. The van der Waals surface area contributed by atoms with Gasteiger partial charge in [0.05, 0.1) is 12.5 Å². The Morgan fingerprint density at radius 3 is 2.11 bits per heavy atom. The Hall–Kier alpha value is -3.23. The Morgan fingerprint density at radius 2 is 1.51 bits per heavy atom. The van der Waals surface area contributed by atoms with Crippen molar-refractivity contribution >= 4 is 65.8 Å². The number of carboxylic acid groups (broad SMARTS) is 1. The van der Waals surface area contributed by atoms with E-state index in [4.69, 9.17) is 11.5 Å². The van der Waals surface area contributed by atoms with Crippen molar-refractivity contribution in [2.45, 2.75) is 37.0 Å². The van der Waals surface area contributed by atoms with Gasteiger partial charge in [-0.1, -0.05) is 18.2 Å². The lowest BCUT2D eigenvalue weighted by molar-refractivity contribution is -0.143. The van der Waals surface area contributed by atoms with Crippen LogP contribution < -0.4 is 27.4 Å². The van der Waals surface area contributed by atoms with E-state index >= 15 is 0 Å². The van der Waals surface area contributed by atoms with Gasteiger partial charge in [0.2, 0.25) is 23.6 Å². The number of nitrogens with one attached hydrogen (secondary N) is 4. The first-order chi connectivity index (χ1) is 16.6. The first-order valence-corrected chi connectivity index (χ1v) is 11.8. The van der Waals surface area contributed by atoms with E-state index < -0.39 is 60.2 Å². The molecule has 4 amide bonds. The van der Waals surface area contributed by atoms with Gasteiger partial charge in [0.15, 0.2) is 0 Å². The molecule has 190 valence electrons. The molecule has 4 atom stereocenters. The Labute approximate surface area is 211 Å². The summed E-state index contributed by atoms with van der Waals surface area (Å²) in [6.07, 6.45) is 1.15. The summed E-state index contributed by atoms with van der Waals surface area (Å²) >= 11 is 8.06. The second kappa shape index (κ2) is 13.0. The highest BCUT2D eigenvalue weighted by atomic mass is 32.1. The second-order valence-corrected chi connectivity index (χ2v) is 8.46. The summed E-state index contributed by atoms with van der Waals surface area (Å²) < 4.78 is 0. The van der Waals surface area contributed by atoms with Gasteiger partial charge in [0, 0.05) is 35.0 Å². The van der Waals surface area contributed by atoms with Crippen molar-refractivity contribution in [2.24, 2.45) is 11.5 Å². The summed E-state index contributed by atoms with van der Waals surface area (Å²) in [5.41, 5.74) is 12.3. The minimum Gasteiger partial charge on any atom is -0.480 e. The number of fused-ring (bicyclic) bond motifs is 1. The molecule has 35 heavy (non-hydrogen) atoms. The molecule has 0 radical (unpaired) electrons. The van der Waals surface area contributed by atoms with Crippen LogP contribution in [0.4, 0.5) is 0 Å². The number of carbonyl (C=O) groups is 5. The largest absolute Gasteiger partial charge is 0.480 e. The molecule has 14 heteroatoms. The minimum atomic E-state index is -1.57. The summed E-state index contributed by atoms with van der Waals surface area (Å²) in [7, 11) is 0. The van der Waals surface area contributed by atoms with E-state index in [2.05, 4.69) is 46.2 Å². The van der Waals surface area contributed by atoms with Crippen molar-refractivity contribution in [3.63, 3.8) is 0 Å². The molecule has 0 aliphatic heterocycles. The lowest BCUT2D eigenvalue weighted by atomic mass is 10.0. The lowest BCUT2D eigenvalue weighted by Crippen LogP contribution is -2.58. The molecule has 1 aromatic carbocycles. The van der Waals surface area contributed by atoms with Crippen LogP contribution in [0.3, 0.4) is 0 Å². The second-order valence-electron chi connectivity index (χ2n) is 7.73. The topological polar surface area (TPSA) is 209 Å². The van der Waals surface area contributed by atoms with Gasteiger partial charge in [0.25, 0.3) is 0 Å². The van der Waals surface area contributed by atoms with Crippen LogP contribution in [-0.2, 0) is 30.4 Å². The number of nitrogens with two attached hydrogens (primary N) is 2. The van der Waals surface area contributed by atoms with Crippen LogP contribution in [0.15, 0.2) is 30.5 Å². The van der Waals surface area contributed by atoms with Gasteiger partial charge in [-0.3, -0.25) is 19.2 Å². The van der Waals surface area contributed by atoms with Gasteiger partial charge in [-0.15, -0.1) is 0 Å². The number of aliphatic carboxylic acids is 1. The first kappa shape index (κ1) is 28.0. The number of rotatable bonds is 13. The highest BCUT2D eigenvalue weighted by Crippen LogP contribution is 2.19. The van der Waals surface area contributed by atoms with Crippen molar-refractivity contribution < 1.29 is 29.1 Å².